The molecule has 0 amide bonds. The van der Waals surface area contributed by atoms with Gasteiger partial charge in [-0.3, -0.25) is 9.89 Å². The first kappa shape index (κ1) is 21.2. The average Bonchev–Trinajstić information content (AvgIpc) is 3.08. The lowest BCUT2D eigenvalue weighted by molar-refractivity contribution is 0.116. The zero-order valence-electron chi connectivity index (χ0n) is 16.1. The van der Waals surface area contributed by atoms with Gasteiger partial charge >= 0.3 is 0 Å². The molecule has 0 saturated carbocycles. The van der Waals surface area contributed by atoms with Gasteiger partial charge in [-0.25, -0.2) is 0 Å². The van der Waals surface area contributed by atoms with Crippen molar-refractivity contribution in [2.24, 2.45) is 4.99 Å². The molecule has 7 heteroatoms. The average molecular weight is 473 g/mol. The van der Waals surface area contributed by atoms with E-state index in [9.17, 15) is 0 Å². The van der Waals surface area contributed by atoms with Gasteiger partial charge in [0.25, 0.3) is 0 Å². The lowest BCUT2D eigenvalue weighted by atomic mass is 10.1. The Morgan fingerprint density at radius 1 is 1.27 bits per heavy atom. The summed E-state index contributed by atoms with van der Waals surface area (Å²) in [6.07, 6.45) is 2.02. The van der Waals surface area contributed by atoms with Gasteiger partial charge in [-0.15, -0.1) is 24.0 Å². The van der Waals surface area contributed by atoms with Crippen molar-refractivity contribution in [1.82, 2.24) is 20.4 Å². The molecule has 1 unspecified atom stereocenters. The van der Waals surface area contributed by atoms with Gasteiger partial charge in [-0.05, 0) is 37.7 Å². The Labute approximate surface area is 174 Å². The normalized spacial score (nSPS) is 20.9. The number of nitrogens with zero attached hydrogens (tertiary/aromatic N) is 3. The molecule has 2 N–H and O–H groups in total. The van der Waals surface area contributed by atoms with E-state index in [4.69, 9.17) is 4.74 Å². The largest absolute Gasteiger partial charge is 0.493 e. The first-order chi connectivity index (χ1) is 12.2. The molecule has 146 valence electrons. The van der Waals surface area contributed by atoms with Crippen LogP contribution in [0.3, 0.4) is 0 Å². The number of nitrogens with one attached hydrogen (secondary N) is 2. The van der Waals surface area contributed by atoms with Crippen LogP contribution >= 0.6 is 24.0 Å². The molecule has 0 radical (unpaired) electrons. The van der Waals surface area contributed by atoms with Gasteiger partial charge in [0, 0.05) is 52.2 Å². The van der Waals surface area contributed by atoms with Gasteiger partial charge in [0.15, 0.2) is 5.96 Å². The maximum absolute atomic E-state index is 5.57. The summed E-state index contributed by atoms with van der Waals surface area (Å²) in [5.74, 6) is 1.93. The zero-order chi connectivity index (χ0) is 17.6. The van der Waals surface area contributed by atoms with Crippen LogP contribution in [0.15, 0.2) is 23.2 Å². The van der Waals surface area contributed by atoms with Crippen LogP contribution in [0.25, 0.3) is 0 Å². The third-order valence-corrected chi connectivity index (χ3v) is 5.17. The molecular formula is C19H32IN5O. The van der Waals surface area contributed by atoms with Crippen LogP contribution in [0.2, 0.25) is 0 Å². The van der Waals surface area contributed by atoms with E-state index < -0.39 is 0 Å². The van der Waals surface area contributed by atoms with Gasteiger partial charge in [0.2, 0.25) is 0 Å². The second-order valence-electron chi connectivity index (χ2n) is 7.07. The number of aliphatic imine (C=N–C) groups is 1. The number of benzene rings is 1. The molecule has 1 aromatic carbocycles. The predicted molar refractivity (Wildman–Crippen MR) is 118 cm³/mol. The molecule has 2 aliphatic heterocycles. The van der Waals surface area contributed by atoms with Crippen molar-refractivity contribution >= 4 is 29.9 Å². The third kappa shape index (κ3) is 5.72. The number of fused-ring (bicyclic) bond motifs is 1. The molecule has 2 aliphatic rings. The van der Waals surface area contributed by atoms with E-state index in [0.717, 1.165) is 63.9 Å². The molecule has 1 aromatic rings. The van der Waals surface area contributed by atoms with Gasteiger partial charge in [0.05, 0.1) is 6.61 Å². The van der Waals surface area contributed by atoms with Crippen molar-refractivity contribution in [1.29, 1.82) is 0 Å². The second-order valence-corrected chi connectivity index (χ2v) is 7.07. The highest BCUT2D eigenvalue weighted by Gasteiger charge is 2.22. The number of guanidine groups is 1. The standard InChI is InChI=1S/C19H31N5O.HI/c1-20-19(22-13-17-14-23(2)9-10-24(17)3)21-8-6-15-4-5-18-16(12-15)7-11-25-18;/h4-5,12,17H,6-11,13-14H2,1-3H3,(H2,20,21,22);1H. The monoisotopic (exact) mass is 473 g/mol. The SMILES string of the molecule is CN=C(NCCc1ccc2c(c1)CCO2)NCC1CN(C)CCN1C.I. The van der Waals surface area contributed by atoms with Crippen molar-refractivity contribution in [2.75, 3.05) is 60.5 Å². The predicted octanol–water partition coefficient (Wildman–Crippen LogP) is 1.19. The molecule has 1 saturated heterocycles. The minimum atomic E-state index is 0. The Balaban J connectivity index is 0.00000243. The quantitative estimate of drug-likeness (QED) is 0.383. The van der Waals surface area contributed by atoms with Crippen LogP contribution < -0.4 is 15.4 Å². The van der Waals surface area contributed by atoms with Crippen LogP contribution in [0.4, 0.5) is 0 Å². The van der Waals surface area contributed by atoms with Crippen LogP contribution in [0.5, 0.6) is 5.75 Å². The first-order valence-electron chi connectivity index (χ1n) is 9.23. The summed E-state index contributed by atoms with van der Waals surface area (Å²) >= 11 is 0. The number of halogens is 1. The fourth-order valence-electron chi connectivity index (χ4n) is 3.48. The van der Waals surface area contributed by atoms with Crippen molar-refractivity contribution < 1.29 is 4.74 Å². The molecule has 26 heavy (non-hydrogen) atoms. The second kappa shape index (κ2) is 10.3. The van der Waals surface area contributed by atoms with Crippen molar-refractivity contribution in [3.8, 4) is 5.75 Å². The van der Waals surface area contributed by atoms with E-state index in [0.29, 0.717) is 6.04 Å². The lowest BCUT2D eigenvalue weighted by Gasteiger charge is -2.37. The molecule has 0 bridgehead atoms. The molecule has 0 aromatic heterocycles. The number of ether oxygens (including phenoxy) is 1. The molecular weight excluding hydrogens is 441 g/mol. The van der Waals surface area contributed by atoms with Gasteiger partial charge in [-0.2, -0.15) is 0 Å². The number of rotatable bonds is 5. The maximum atomic E-state index is 5.57. The summed E-state index contributed by atoms with van der Waals surface area (Å²) < 4.78 is 5.57. The van der Waals surface area contributed by atoms with Crippen LogP contribution in [-0.2, 0) is 12.8 Å². The topological polar surface area (TPSA) is 52.1 Å². The summed E-state index contributed by atoms with van der Waals surface area (Å²) in [6.45, 7) is 5.97. The summed E-state index contributed by atoms with van der Waals surface area (Å²) in [4.78, 5) is 9.16. The molecule has 0 spiro atoms. The molecule has 2 heterocycles. The van der Waals surface area contributed by atoms with E-state index in [-0.39, 0.29) is 24.0 Å². The highest BCUT2D eigenvalue weighted by Crippen LogP contribution is 2.25. The maximum Gasteiger partial charge on any atom is 0.191 e. The third-order valence-electron chi connectivity index (χ3n) is 5.17. The van der Waals surface area contributed by atoms with Crippen LogP contribution in [-0.4, -0.2) is 82.3 Å². The highest BCUT2D eigenvalue weighted by atomic mass is 127. The van der Waals surface area contributed by atoms with E-state index >= 15 is 0 Å². The number of piperazine rings is 1. The van der Waals surface area contributed by atoms with E-state index in [1.54, 1.807) is 0 Å². The van der Waals surface area contributed by atoms with E-state index in [1.165, 1.54) is 11.1 Å². The van der Waals surface area contributed by atoms with E-state index in [1.807, 2.05) is 7.05 Å². The zero-order valence-corrected chi connectivity index (χ0v) is 18.5. The summed E-state index contributed by atoms with van der Waals surface area (Å²) in [7, 11) is 6.22. The molecule has 0 aliphatic carbocycles. The molecule has 3 rings (SSSR count). The van der Waals surface area contributed by atoms with Gasteiger partial charge in [0.1, 0.15) is 5.75 Å². The van der Waals surface area contributed by atoms with Crippen molar-refractivity contribution in [3.05, 3.63) is 29.3 Å². The molecule has 1 fully saturated rings. The van der Waals surface area contributed by atoms with Crippen LogP contribution in [0, 0.1) is 0 Å². The van der Waals surface area contributed by atoms with Gasteiger partial charge < -0.3 is 20.3 Å². The minimum absolute atomic E-state index is 0. The smallest absolute Gasteiger partial charge is 0.191 e. The number of hydrogen-bond acceptors (Lipinski definition) is 4. The number of likely N-dealkylation sites (N-methyl/N-ethyl adjacent to an activating group) is 2. The Hall–Kier alpha value is -1.06. The Morgan fingerprint density at radius 3 is 2.92 bits per heavy atom. The summed E-state index contributed by atoms with van der Waals surface area (Å²) in [5.41, 5.74) is 2.69. The molecule has 1 atom stereocenters. The molecule has 6 nitrogen and oxygen atoms in total. The minimum Gasteiger partial charge on any atom is -0.493 e. The van der Waals surface area contributed by atoms with Crippen molar-refractivity contribution in [3.63, 3.8) is 0 Å². The summed E-state index contributed by atoms with van der Waals surface area (Å²) in [6, 6.07) is 7.05. The van der Waals surface area contributed by atoms with Crippen LogP contribution in [0.1, 0.15) is 11.1 Å². The Morgan fingerprint density at radius 2 is 2.12 bits per heavy atom. The van der Waals surface area contributed by atoms with Crippen molar-refractivity contribution in [2.45, 2.75) is 18.9 Å². The fraction of sp³-hybridized carbons (Fsp3) is 0.632. The summed E-state index contributed by atoms with van der Waals surface area (Å²) in [5, 5.41) is 6.90. The van der Waals surface area contributed by atoms with E-state index in [2.05, 4.69) is 57.7 Å². The fourth-order valence-corrected chi connectivity index (χ4v) is 3.48. The highest BCUT2D eigenvalue weighted by molar-refractivity contribution is 14.0. The van der Waals surface area contributed by atoms with Gasteiger partial charge in [-0.1, -0.05) is 12.1 Å². The number of hydrogen-bond donors (Lipinski definition) is 2. The Kier molecular flexibility index (Phi) is 8.43. The Bertz CT molecular complexity index is 610. The lowest BCUT2D eigenvalue weighted by Crippen LogP contribution is -2.55. The first-order valence-corrected chi connectivity index (χ1v) is 9.23.